The maximum absolute atomic E-state index is 11.6. The number of carbonyl (C=O) groups is 2. The van der Waals surface area contributed by atoms with Gasteiger partial charge in [-0.1, -0.05) is 18.6 Å². The minimum absolute atomic E-state index is 0.0696. The Kier molecular flexibility index (Phi) is 2.24. The second kappa shape index (κ2) is 3.57. The lowest BCUT2D eigenvalue weighted by atomic mass is 9.64. The van der Waals surface area contributed by atoms with Crippen LogP contribution in [0.4, 0.5) is 5.69 Å². The van der Waals surface area contributed by atoms with Crippen LogP contribution in [-0.2, 0) is 21.4 Å². The van der Waals surface area contributed by atoms with Crippen LogP contribution < -0.4 is 4.90 Å². The third kappa shape index (κ3) is 1.32. The molecule has 0 unspecified atom stereocenters. The SMILES string of the molecule is CN1C(=O)Cc2ccc(C3(C(=O)O)CCC3)cc21. The van der Waals surface area contributed by atoms with Crippen molar-refractivity contribution in [3.05, 3.63) is 29.3 Å². The van der Waals surface area contributed by atoms with E-state index in [4.69, 9.17) is 0 Å². The highest BCUT2D eigenvalue weighted by atomic mass is 16.4. The fraction of sp³-hybridized carbons (Fsp3) is 0.429. The van der Waals surface area contributed by atoms with E-state index >= 15 is 0 Å². The fourth-order valence-electron chi connectivity index (χ4n) is 2.90. The number of fused-ring (bicyclic) bond motifs is 1. The minimum atomic E-state index is -0.749. The molecule has 1 fully saturated rings. The van der Waals surface area contributed by atoms with Crippen molar-refractivity contribution in [2.75, 3.05) is 11.9 Å². The summed E-state index contributed by atoms with van der Waals surface area (Å²) in [6.45, 7) is 0. The number of hydrogen-bond donors (Lipinski definition) is 1. The molecule has 4 heteroatoms. The number of rotatable bonds is 2. The number of carboxylic acid groups (broad SMARTS) is 1. The molecular formula is C14H15NO3. The highest BCUT2D eigenvalue weighted by Crippen LogP contribution is 2.45. The molecule has 1 N–H and O–H groups in total. The molecule has 0 atom stereocenters. The Morgan fingerprint density at radius 3 is 2.67 bits per heavy atom. The van der Waals surface area contributed by atoms with E-state index < -0.39 is 11.4 Å². The molecule has 1 aliphatic heterocycles. The van der Waals surface area contributed by atoms with Crippen molar-refractivity contribution in [2.45, 2.75) is 31.1 Å². The van der Waals surface area contributed by atoms with Crippen molar-refractivity contribution >= 4 is 17.6 Å². The Hall–Kier alpha value is -1.84. The van der Waals surface area contributed by atoms with Gasteiger partial charge < -0.3 is 10.0 Å². The van der Waals surface area contributed by atoms with Crippen molar-refractivity contribution in [1.82, 2.24) is 0 Å². The maximum Gasteiger partial charge on any atom is 0.314 e. The summed E-state index contributed by atoms with van der Waals surface area (Å²) in [5.74, 6) is -0.680. The molecular weight excluding hydrogens is 230 g/mol. The van der Waals surface area contributed by atoms with Crippen LogP contribution in [0.5, 0.6) is 0 Å². The number of carboxylic acids is 1. The molecule has 4 nitrogen and oxygen atoms in total. The summed E-state index contributed by atoms with van der Waals surface area (Å²) in [4.78, 5) is 24.7. The van der Waals surface area contributed by atoms with E-state index in [1.807, 2.05) is 18.2 Å². The quantitative estimate of drug-likeness (QED) is 0.863. The third-order valence-corrected chi connectivity index (χ3v) is 4.33. The van der Waals surface area contributed by atoms with Gasteiger partial charge in [0.1, 0.15) is 0 Å². The first-order chi connectivity index (χ1) is 8.54. The molecule has 18 heavy (non-hydrogen) atoms. The van der Waals surface area contributed by atoms with Crippen LogP contribution in [0.25, 0.3) is 0 Å². The van der Waals surface area contributed by atoms with Crippen LogP contribution in [0.2, 0.25) is 0 Å². The first-order valence-corrected chi connectivity index (χ1v) is 6.18. The molecule has 1 saturated carbocycles. The van der Waals surface area contributed by atoms with Gasteiger partial charge in [0.05, 0.1) is 11.8 Å². The van der Waals surface area contributed by atoms with E-state index in [0.29, 0.717) is 19.3 Å². The van der Waals surface area contributed by atoms with Gasteiger partial charge in [-0.05, 0) is 30.0 Å². The highest BCUT2D eigenvalue weighted by molar-refractivity contribution is 6.01. The summed E-state index contributed by atoms with van der Waals surface area (Å²) in [7, 11) is 1.74. The molecule has 1 aromatic rings. The average Bonchev–Trinajstić information content (AvgIpc) is 2.53. The van der Waals surface area contributed by atoms with E-state index in [1.165, 1.54) is 0 Å². The topological polar surface area (TPSA) is 57.6 Å². The summed E-state index contributed by atoms with van der Waals surface area (Å²) >= 11 is 0. The first kappa shape index (κ1) is 11.3. The number of nitrogens with zero attached hydrogens (tertiary/aromatic N) is 1. The number of hydrogen-bond acceptors (Lipinski definition) is 2. The predicted molar refractivity (Wildman–Crippen MR) is 66.7 cm³/mol. The van der Waals surface area contributed by atoms with Crippen LogP contribution >= 0.6 is 0 Å². The lowest BCUT2D eigenvalue weighted by Gasteiger charge is -2.38. The van der Waals surface area contributed by atoms with Gasteiger partial charge in [0, 0.05) is 12.7 Å². The van der Waals surface area contributed by atoms with Crippen molar-refractivity contribution < 1.29 is 14.7 Å². The third-order valence-electron chi connectivity index (χ3n) is 4.33. The standard InChI is InChI=1S/C14H15NO3/c1-15-11-8-10(4-3-9(11)7-12(15)16)14(13(17)18)5-2-6-14/h3-4,8H,2,5-7H2,1H3,(H,17,18). The zero-order chi connectivity index (χ0) is 12.9. The largest absolute Gasteiger partial charge is 0.481 e. The number of amides is 1. The maximum atomic E-state index is 11.6. The molecule has 0 bridgehead atoms. The summed E-state index contributed by atoms with van der Waals surface area (Å²) < 4.78 is 0. The highest BCUT2D eigenvalue weighted by Gasteiger charge is 2.46. The van der Waals surface area contributed by atoms with Gasteiger partial charge in [-0.15, -0.1) is 0 Å². The van der Waals surface area contributed by atoms with Crippen molar-refractivity contribution in [3.63, 3.8) is 0 Å². The lowest BCUT2D eigenvalue weighted by Crippen LogP contribution is -2.42. The number of aliphatic carboxylic acids is 1. The zero-order valence-electron chi connectivity index (χ0n) is 10.3. The summed E-state index contributed by atoms with van der Waals surface area (Å²) in [6, 6.07) is 5.65. The van der Waals surface area contributed by atoms with Gasteiger partial charge in [0.15, 0.2) is 0 Å². The van der Waals surface area contributed by atoms with Crippen molar-refractivity contribution in [1.29, 1.82) is 0 Å². The van der Waals surface area contributed by atoms with Crippen LogP contribution in [0.3, 0.4) is 0 Å². The molecule has 1 aliphatic carbocycles. The molecule has 2 aliphatic rings. The second-order valence-corrected chi connectivity index (χ2v) is 5.21. The summed E-state index contributed by atoms with van der Waals surface area (Å²) in [5.41, 5.74) is 1.97. The zero-order valence-corrected chi connectivity index (χ0v) is 10.3. The Morgan fingerprint density at radius 1 is 1.39 bits per heavy atom. The second-order valence-electron chi connectivity index (χ2n) is 5.21. The van der Waals surface area contributed by atoms with Gasteiger partial charge in [-0.2, -0.15) is 0 Å². The van der Waals surface area contributed by atoms with Crippen molar-refractivity contribution in [3.8, 4) is 0 Å². The van der Waals surface area contributed by atoms with E-state index in [2.05, 4.69) is 0 Å². The van der Waals surface area contributed by atoms with E-state index in [-0.39, 0.29) is 5.91 Å². The number of carbonyl (C=O) groups excluding carboxylic acids is 1. The van der Waals surface area contributed by atoms with Gasteiger partial charge in [0.2, 0.25) is 5.91 Å². The molecule has 94 valence electrons. The Bertz CT molecular complexity index is 546. The molecule has 0 saturated heterocycles. The molecule has 3 rings (SSSR count). The van der Waals surface area contributed by atoms with Crippen LogP contribution in [-0.4, -0.2) is 24.0 Å². The van der Waals surface area contributed by atoms with Crippen molar-refractivity contribution in [2.24, 2.45) is 0 Å². The molecule has 1 aromatic carbocycles. The number of likely N-dealkylation sites (N-methyl/N-ethyl adjacent to an activating group) is 1. The van der Waals surface area contributed by atoms with E-state index in [9.17, 15) is 14.7 Å². The van der Waals surface area contributed by atoms with Gasteiger partial charge in [-0.25, -0.2) is 0 Å². The number of benzene rings is 1. The molecule has 1 heterocycles. The lowest BCUT2D eigenvalue weighted by molar-refractivity contribution is -0.147. The van der Waals surface area contributed by atoms with Gasteiger partial charge in [-0.3, -0.25) is 9.59 Å². The number of anilines is 1. The summed E-state index contributed by atoms with van der Waals surface area (Å²) in [5, 5.41) is 9.42. The normalized spacial score (nSPS) is 20.5. The monoisotopic (exact) mass is 245 g/mol. The smallest absolute Gasteiger partial charge is 0.314 e. The molecule has 0 aromatic heterocycles. The molecule has 0 radical (unpaired) electrons. The average molecular weight is 245 g/mol. The van der Waals surface area contributed by atoms with Gasteiger partial charge in [0.25, 0.3) is 0 Å². The predicted octanol–water partition coefficient (Wildman–Crippen LogP) is 1.71. The van der Waals surface area contributed by atoms with Crippen LogP contribution in [0.1, 0.15) is 30.4 Å². The van der Waals surface area contributed by atoms with Crippen LogP contribution in [0.15, 0.2) is 18.2 Å². The van der Waals surface area contributed by atoms with E-state index in [0.717, 1.165) is 23.2 Å². The summed E-state index contributed by atoms with van der Waals surface area (Å²) in [6.07, 6.45) is 2.77. The van der Waals surface area contributed by atoms with Gasteiger partial charge >= 0.3 is 5.97 Å². The minimum Gasteiger partial charge on any atom is -0.481 e. The molecule has 1 amide bonds. The fourth-order valence-corrected chi connectivity index (χ4v) is 2.90. The first-order valence-electron chi connectivity index (χ1n) is 6.18. The Balaban J connectivity index is 2.06. The Morgan fingerprint density at radius 2 is 2.11 bits per heavy atom. The van der Waals surface area contributed by atoms with Crippen LogP contribution in [0, 0.1) is 0 Å². The Labute approximate surface area is 105 Å². The van der Waals surface area contributed by atoms with E-state index in [1.54, 1.807) is 11.9 Å². The molecule has 0 spiro atoms.